The fourth-order valence-corrected chi connectivity index (χ4v) is 12.9. The van der Waals surface area contributed by atoms with Gasteiger partial charge in [0, 0.05) is 17.3 Å². The van der Waals surface area contributed by atoms with Crippen LogP contribution in [-0.2, 0) is 34.2 Å². The predicted molar refractivity (Wildman–Crippen MR) is 200 cm³/mol. The number of hydrogen-bond donors (Lipinski definition) is 0. The zero-order valence-electron chi connectivity index (χ0n) is 27.8. The fraction of sp³-hybridized carbons (Fsp3) is 0.255. The summed E-state index contributed by atoms with van der Waals surface area (Å²) >= 11 is 0. The molecule has 2 nitrogen and oxygen atoms in total. The van der Waals surface area contributed by atoms with Gasteiger partial charge in [0.15, 0.2) is 0 Å². The molecule has 0 saturated carbocycles. The lowest BCUT2D eigenvalue weighted by Crippen LogP contribution is -2.49. The van der Waals surface area contributed by atoms with E-state index in [0.717, 1.165) is 38.5 Å². The number of carbonyl (C=O) groups excluding carboxylic acids is 1. The minimum Gasteiger partial charge on any atom is -0.469 e. The molecule has 0 heterocycles. The molecule has 0 fully saturated rings. The smallest absolute Gasteiger partial charge is 0.305 e. The molecule has 0 aromatic heterocycles. The Balaban J connectivity index is 1.30. The zero-order chi connectivity index (χ0) is 32.1. The molecular weight excluding hydrogens is 597 g/mol. The number of ether oxygens (including phenoxy) is 1. The molecule has 234 valence electrons. The molecule has 7 aliphatic rings. The van der Waals surface area contributed by atoms with Crippen molar-refractivity contribution >= 4 is 66.8 Å². The minimum absolute atomic E-state index is 0.111. The van der Waals surface area contributed by atoms with Crippen LogP contribution in [0, 0.1) is 5.41 Å². The maximum atomic E-state index is 12.6. The second-order valence-corrected chi connectivity index (χ2v) is 16.2. The first kappa shape index (κ1) is 26.0. The van der Waals surface area contributed by atoms with Gasteiger partial charge in [-0.2, -0.15) is 0 Å². The van der Waals surface area contributed by atoms with E-state index in [2.05, 4.69) is 85.8 Å². The lowest BCUT2D eigenvalue weighted by atomic mass is 9.47. The number of esters is 1. The minimum atomic E-state index is -0.277. The summed E-state index contributed by atoms with van der Waals surface area (Å²) in [5.41, 5.74) is 19.2. The summed E-state index contributed by atoms with van der Waals surface area (Å²) < 4.78 is 5.19. The number of benzene rings is 6. The molecular formula is C47H34O2. The van der Waals surface area contributed by atoms with Crippen LogP contribution in [0.15, 0.2) is 66.8 Å². The van der Waals surface area contributed by atoms with E-state index in [1.165, 1.54) is 57.2 Å². The summed E-state index contributed by atoms with van der Waals surface area (Å²) in [4.78, 5) is 12.6. The second kappa shape index (κ2) is 8.08. The number of allylic oxidation sites excluding steroid dienone is 4. The Kier molecular flexibility index (Phi) is 4.29. The van der Waals surface area contributed by atoms with Crippen molar-refractivity contribution in [2.24, 2.45) is 5.41 Å². The van der Waals surface area contributed by atoms with Gasteiger partial charge in [-0.05, 0) is 160 Å². The molecule has 0 N–H and O–H groups in total. The van der Waals surface area contributed by atoms with Crippen molar-refractivity contribution in [1.82, 2.24) is 0 Å². The van der Waals surface area contributed by atoms with Crippen LogP contribution in [0.2, 0.25) is 0 Å². The number of methoxy groups -OCH3 is 1. The lowest BCUT2D eigenvalue weighted by molar-refractivity contribution is -0.140. The van der Waals surface area contributed by atoms with Gasteiger partial charge in [-0.15, -0.1) is 0 Å². The Morgan fingerprint density at radius 1 is 0.755 bits per heavy atom. The van der Waals surface area contributed by atoms with Crippen molar-refractivity contribution in [3.8, 4) is 11.1 Å². The molecule has 0 amide bonds. The Bertz CT molecular complexity index is 2810. The highest BCUT2D eigenvalue weighted by molar-refractivity contribution is 6.45. The first-order chi connectivity index (χ1) is 24.0. The standard InChI is InChI=1S/C47H34O2/c1-46-16-8-13-26-19-29-20-27-17-24-11-6-12-25-18-28-21-30(22-46)38-37(28)40-34(25)33(24)39-35(27)36(29)42-43(41(39)40)45(38)47(46,44(26)42)31(14-7-15-32(48)49-2)23-9-4-3-5-10-23/h3-6,8-10,12-13,17-19,22,31H,7,11,14-16,20-21H2,1-2H3. The van der Waals surface area contributed by atoms with Gasteiger partial charge in [0.05, 0.1) is 7.11 Å². The van der Waals surface area contributed by atoms with Crippen LogP contribution < -0.4 is 0 Å². The van der Waals surface area contributed by atoms with Crippen molar-refractivity contribution < 1.29 is 9.53 Å². The third-order valence-corrected chi connectivity index (χ3v) is 14.2. The van der Waals surface area contributed by atoms with Gasteiger partial charge in [-0.3, -0.25) is 4.79 Å². The van der Waals surface area contributed by atoms with E-state index in [4.69, 9.17) is 4.74 Å². The number of rotatable bonds is 6. The summed E-state index contributed by atoms with van der Waals surface area (Å²) in [6.45, 7) is 2.59. The Labute approximate surface area is 284 Å². The molecule has 6 aromatic carbocycles. The highest BCUT2D eigenvalue weighted by atomic mass is 16.5. The van der Waals surface area contributed by atoms with Gasteiger partial charge in [0.1, 0.15) is 0 Å². The van der Waals surface area contributed by atoms with Crippen LogP contribution in [0.3, 0.4) is 0 Å². The van der Waals surface area contributed by atoms with E-state index in [1.807, 2.05) is 0 Å². The molecule has 0 bridgehead atoms. The molecule has 7 aliphatic carbocycles. The summed E-state index contributed by atoms with van der Waals surface area (Å²) in [5.74, 6) is 0.0852. The van der Waals surface area contributed by atoms with Crippen molar-refractivity contribution in [3.05, 3.63) is 122 Å². The van der Waals surface area contributed by atoms with Crippen LogP contribution in [0.4, 0.5) is 0 Å². The largest absolute Gasteiger partial charge is 0.469 e. The van der Waals surface area contributed by atoms with Gasteiger partial charge < -0.3 is 4.74 Å². The Morgan fingerprint density at radius 2 is 1.51 bits per heavy atom. The summed E-state index contributed by atoms with van der Waals surface area (Å²) in [7, 11) is 1.52. The highest BCUT2D eigenvalue weighted by Gasteiger charge is 2.63. The van der Waals surface area contributed by atoms with Gasteiger partial charge in [0.25, 0.3) is 0 Å². The van der Waals surface area contributed by atoms with Crippen LogP contribution in [-0.4, -0.2) is 13.1 Å². The summed E-state index contributed by atoms with van der Waals surface area (Å²) in [5, 5.41) is 12.4. The van der Waals surface area contributed by atoms with Crippen LogP contribution in [0.5, 0.6) is 0 Å². The van der Waals surface area contributed by atoms with Crippen molar-refractivity contribution in [1.29, 1.82) is 0 Å². The average molecular weight is 631 g/mol. The van der Waals surface area contributed by atoms with Crippen molar-refractivity contribution in [2.75, 3.05) is 7.11 Å². The zero-order valence-corrected chi connectivity index (χ0v) is 27.8. The Hall–Kier alpha value is -4.95. The van der Waals surface area contributed by atoms with Crippen LogP contribution in [0.1, 0.15) is 94.2 Å². The quantitative estimate of drug-likeness (QED) is 0.135. The van der Waals surface area contributed by atoms with E-state index in [-0.39, 0.29) is 22.7 Å². The van der Waals surface area contributed by atoms with Crippen LogP contribution in [0.25, 0.3) is 71.9 Å². The van der Waals surface area contributed by atoms with E-state index in [9.17, 15) is 4.79 Å². The number of carbonyl (C=O) groups is 1. The maximum Gasteiger partial charge on any atom is 0.305 e. The second-order valence-electron chi connectivity index (χ2n) is 16.2. The first-order valence-electron chi connectivity index (χ1n) is 18.3. The van der Waals surface area contributed by atoms with Gasteiger partial charge >= 0.3 is 5.97 Å². The van der Waals surface area contributed by atoms with E-state index >= 15 is 0 Å². The molecule has 3 unspecified atom stereocenters. The summed E-state index contributed by atoms with van der Waals surface area (Å²) in [6.07, 6.45) is 18.8. The molecule has 0 spiro atoms. The molecule has 6 aromatic rings. The molecule has 0 saturated heterocycles. The SMILES string of the molecule is COC(=O)CCCC(c1ccccc1)C12c3c4cc5c6c7c(cc8c9c7c7c%10c-9c(cc9c%10c(c1c7c36)C(=CC2(C)CC=C4)C9)C=CC8)C5. The van der Waals surface area contributed by atoms with E-state index in [1.54, 1.807) is 65.4 Å². The normalized spacial score (nSPS) is 23.3. The molecule has 2 heteroatoms. The predicted octanol–water partition coefficient (Wildman–Crippen LogP) is 10.9. The summed E-state index contributed by atoms with van der Waals surface area (Å²) in [6, 6.07) is 19.1. The molecule has 0 aliphatic heterocycles. The topological polar surface area (TPSA) is 26.3 Å². The first-order valence-corrected chi connectivity index (χ1v) is 18.3. The molecule has 49 heavy (non-hydrogen) atoms. The highest BCUT2D eigenvalue weighted by Crippen LogP contribution is 2.74. The van der Waals surface area contributed by atoms with Gasteiger partial charge in [-0.25, -0.2) is 0 Å². The third kappa shape index (κ3) is 2.57. The lowest BCUT2D eigenvalue weighted by Gasteiger charge is -2.54. The van der Waals surface area contributed by atoms with Gasteiger partial charge in [0.2, 0.25) is 0 Å². The number of hydrogen-bond acceptors (Lipinski definition) is 2. The third-order valence-electron chi connectivity index (χ3n) is 14.2. The molecule has 0 radical (unpaired) electrons. The molecule has 13 rings (SSSR count). The maximum absolute atomic E-state index is 12.6. The van der Waals surface area contributed by atoms with Crippen molar-refractivity contribution in [2.45, 2.75) is 63.2 Å². The average Bonchev–Trinajstić information content (AvgIpc) is 3.78. The van der Waals surface area contributed by atoms with Gasteiger partial charge in [-0.1, -0.05) is 85.8 Å². The Morgan fingerprint density at radius 3 is 2.39 bits per heavy atom. The van der Waals surface area contributed by atoms with Crippen LogP contribution >= 0.6 is 0 Å². The fourth-order valence-electron chi connectivity index (χ4n) is 12.9. The van der Waals surface area contributed by atoms with E-state index in [0.29, 0.717) is 6.42 Å². The van der Waals surface area contributed by atoms with Crippen molar-refractivity contribution in [3.63, 3.8) is 0 Å². The van der Waals surface area contributed by atoms with E-state index < -0.39 is 0 Å². The monoisotopic (exact) mass is 630 g/mol. The molecule has 3 atom stereocenters.